The quantitative estimate of drug-likeness (QED) is 0.355. The summed E-state index contributed by atoms with van der Waals surface area (Å²) in [6, 6.07) is 0. The molecular formula is C6H5NO2S2. The Balaban J connectivity index is 2.86. The third kappa shape index (κ3) is 1.89. The van der Waals surface area contributed by atoms with Crippen LogP contribution in [0.1, 0.15) is 0 Å². The summed E-state index contributed by atoms with van der Waals surface area (Å²) in [5.74, 6) is -0.329. The zero-order valence-corrected chi connectivity index (χ0v) is 7.33. The molecule has 1 amide bonds. The molecule has 58 valence electrons. The molecule has 0 fully saturated rings. The fourth-order valence-electron chi connectivity index (χ4n) is 0.525. The summed E-state index contributed by atoms with van der Waals surface area (Å²) >= 11 is 2.62. The van der Waals surface area contributed by atoms with Gasteiger partial charge < -0.3 is 5.11 Å². The first kappa shape index (κ1) is 8.46. The summed E-state index contributed by atoms with van der Waals surface area (Å²) in [5.41, 5.74) is 2.39. The number of hydrogen-bond acceptors (Lipinski definition) is 4. The van der Waals surface area contributed by atoms with Crippen molar-refractivity contribution in [2.45, 2.75) is 0 Å². The van der Waals surface area contributed by atoms with Crippen LogP contribution >= 0.6 is 23.5 Å². The van der Waals surface area contributed by atoms with Gasteiger partial charge in [-0.2, -0.15) is 4.99 Å². The zero-order valence-electron chi connectivity index (χ0n) is 5.70. The highest BCUT2D eigenvalue weighted by Crippen LogP contribution is 2.29. The van der Waals surface area contributed by atoms with Gasteiger partial charge in [0.1, 0.15) is 15.5 Å². The second-order valence-corrected chi connectivity index (χ2v) is 3.64. The predicted molar refractivity (Wildman–Crippen MR) is 47.8 cm³/mol. The van der Waals surface area contributed by atoms with Crippen molar-refractivity contribution in [3.8, 4) is 0 Å². The Hall–Kier alpha value is -0.640. The molecule has 1 aliphatic rings. The molecule has 0 aliphatic carbocycles. The van der Waals surface area contributed by atoms with Gasteiger partial charge >= 0.3 is 0 Å². The monoisotopic (exact) mass is 187 g/mol. The van der Waals surface area contributed by atoms with Gasteiger partial charge in [0.2, 0.25) is 0 Å². The average Bonchev–Trinajstić information content (AvgIpc) is 2.33. The smallest absolute Gasteiger partial charge is 0.293 e. The zero-order chi connectivity index (χ0) is 8.27. The number of thioether (sulfide) groups is 2. The van der Waals surface area contributed by atoms with Gasteiger partial charge in [-0.3, -0.25) is 4.79 Å². The molecule has 0 atom stereocenters. The van der Waals surface area contributed by atoms with Crippen molar-refractivity contribution in [3.63, 3.8) is 0 Å². The van der Waals surface area contributed by atoms with Crippen LogP contribution in [0.25, 0.3) is 0 Å². The van der Waals surface area contributed by atoms with Crippen molar-refractivity contribution in [1.82, 2.24) is 0 Å². The number of aliphatic hydroxyl groups excluding tert-OH is 1. The van der Waals surface area contributed by atoms with Crippen LogP contribution in [-0.4, -0.2) is 21.6 Å². The Labute approximate surface area is 72.3 Å². The van der Waals surface area contributed by atoms with Gasteiger partial charge in [-0.05, 0) is 18.0 Å². The summed E-state index contributed by atoms with van der Waals surface area (Å²) in [4.78, 5) is 14.9. The topological polar surface area (TPSA) is 49.7 Å². The summed E-state index contributed by atoms with van der Waals surface area (Å²) in [6.45, 7) is 0. The van der Waals surface area contributed by atoms with E-state index < -0.39 is 0 Å². The standard InChI is InChI=1S/C6H5NO2S2/c1-10-6-7-5(9)4(11-6)2-3-8/h3,8H,1H3. The minimum atomic E-state index is -0.329. The van der Waals surface area contributed by atoms with Crippen LogP contribution < -0.4 is 0 Å². The molecule has 0 aromatic rings. The van der Waals surface area contributed by atoms with E-state index in [0.717, 1.165) is 6.26 Å². The predicted octanol–water partition coefficient (Wildman–Crippen LogP) is 1.53. The number of aliphatic imine (C=N–C) groups is 1. The van der Waals surface area contributed by atoms with Gasteiger partial charge in [0.25, 0.3) is 5.91 Å². The van der Waals surface area contributed by atoms with Crippen LogP contribution in [-0.2, 0) is 4.79 Å². The third-order valence-electron chi connectivity index (χ3n) is 0.947. The lowest BCUT2D eigenvalue weighted by Crippen LogP contribution is -1.84. The lowest BCUT2D eigenvalue weighted by molar-refractivity contribution is -0.113. The number of aliphatic hydroxyl groups is 1. The number of nitrogens with zero attached hydrogens (tertiary/aromatic N) is 1. The summed E-state index contributed by atoms with van der Waals surface area (Å²) in [5, 5.41) is 8.32. The Bertz CT molecular complexity index is 276. The molecule has 0 unspecified atom stereocenters. The molecule has 1 N–H and O–H groups in total. The van der Waals surface area contributed by atoms with E-state index in [1.165, 1.54) is 23.5 Å². The molecule has 1 rings (SSSR count). The molecule has 0 aromatic carbocycles. The van der Waals surface area contributed by atoms with E-state index >= 15 is 0 Å². The molecule has 11 heavy (non-hydrogen) atoms. The number of carbonyl (C=O) groups is 1. The Morgan fingerprint density at radius 2 is 2.55 bits per heavy atom. The largest absolute Gasteiger partial charge is 0.507 e. The van der Waals surface area contributed by atoms with E-state index in [0.29, 0.717) is 9.28 Å². The number of carbonyl (C=O) groups excluding carboxylic acids is 1. The molecule has 3 nitrogen and oxygen atoms in total. The van der Waals surface area contributed by atoms with E-state index in [1.54, 1.807) is 0 Å². The third-order valence-corrected chi connectivity index (χ3v) is 2.90. The Morgan fingerprint density at radius 1 is 1.82 bits per heavy atom. The van der Waals surface area contributed by atoms with E-state index in [9.17, 15) is 4.79 Å². The average molecular weight is 187 g/mol. The maximum atomic E-state index is 10.9. The molecule has 1 aliphatic heterocycles. The Morgan fingerprint density at radius 3 is 3.00 bits per heavy atom. The maximum absolute atomic E-state index is 10.9. The lowest BCUT2D eigenvalue weighted by Gasteiger charge is -1.85. The fourth-order valence-corrected chi connectivity index (χ4v) is 1.83. The number of amides is 1. The minimum absolute atomic E-state index is 0.329. The van der Waals surface area contributed by atoms with Crippen molar-refractivity contribution >= 4 is 33.8 Å². The molecule has 0 saturated carbocycles. The highest BCUT2D eigenvalue weighted by atomic mass is 32.2. The van der Waals surface area contributed by atoms with Gasteiger partial charge in [-0.15, -0.1) is 11.8 Å². The highest BCUT2D eigenvalue weighted by molar-refractivity contribution is 8.40. The molecule has 0 spiro atoms. The molecule has 5 heteroatoms. The van der Waals surface area contributed by atoms with Crippen LogP contribution in [0.3, 0.4) is 0 Å². The summed E-state index contributed by atoms with van der Waals surface area (Å²) in [6.07, 6.45) is 2.56. The molecule has 0 aromatic heterocycles. The normalized spacial score (nSPS) is 16.3. The van der Waals surface area contributed by atoms with Crippen molar-refractivity contribution in [2.24, 2.45) is 4.99 Å². The van der Waals surface area contributed by atoms with Crippen LogP contribution in [0, 0.1) is 0 Å². The fraction of sp³-hybridized carbons (Fsp3) is 0.167. The lowest BCUT2D eigenvalue weighted by atomic mass is 10.6. The molecule has 0 bridgehead atoms. The van der Waals surface area contributed by atoms with Gasteiger partial charge in [0.15, 0.2) is 0 Å². The van der Waals surface area contributed by atoms with Crippen LogP contribution in [0.15, 0.2) is 21.9 Å². The van der Waals surface area contributed by atoms with Crippen molar-refractivity contribution in [3.05, 3.63) is 16.9 Å². The second-order valence-electron chi connectivity index (χ2n) is 1.59. The van der Waals surface area contributed by atoms with E-state index in [1.807, 2.05) is 6.26 Å². The first-order valence-corrected chi connectivity index (χ1v) is 4.76. The number of hydrogen-bond donors (Lipinski definition) is 1. The van der Waals surface area contributed by atoms with Crippen LogP contribution in [0.2, 0.25) is 0 Å². The highest BCUT2D eigenvalue weighted by Gasteiger charge is 2.20. The van der Waals surface area contributed by atoms with E-state index in [2.05, 4.69) is 10.7 Å². The SMILES string of the molecule is CSC1=NC(=O)C(=C=CO)S1. The summed E-state index contributed by atoms with van der Waals surface area (Å²) < 4.78 is 0.694. The number of rotatable bonds is 0. The molecule has 1 heterocycles. The van der Waals surface area contributed by atoms with Gasteiger partial charge in [0.05, 0.1) is 0 Å². The molecular weight excluding hydrogens is 182 g/mol. The van der Waals surface area contributed by atoms with Crippen molar-refractivity contribution in [2.75, 3.05) is 6.26 Å². The Kier molecular flexibility index (Phi) is 2.82. The van der Waals surface area contributed by atoms with E-state index in [4.69, 9.17) is 5.11 Å². The van der Waals surface area contributed by atoms with Crippen LogP contribution in [0.5, 0.6) is 0 Å². The van der Waals surface area contributed by atoms with Gasteiger partial charge in [0, 0.05) is 0 Å². The van der Waals surface area contributed by atoms with Crippen LogP contribution in [0.4, 0.5) is 0 Å². The second kappa shape index (κ2) is 3.67. The summed E-state index contributed by atoms with van der Waals surface area (Å²) in [7, 11) is 0. The molecule has 0 radical (unpaired) electrons. The van der Waals surface area contributed by atoms with Crippen molar-refractivity contribution in [1.29, 1.82) is 0 Å². The first-order valence-electron chi connectivity index (χ1n) is 2.72. The minimum Gasteiger partial charge on any atom is -0.507 e. The van der Waals surface area contributed by atoms with Gasteiger partial charge in [-0.1, -0.05) is 5.73 Å². The van der Waals surface area contributed by atoms with Crippen molar-refractivity contribution < 1.29 is 9.90 Å². The molecule has 0 saturated heterocycles. The van der Waals surface area contributed by atoms with Gasteiger partial charge in [-0.25, -0.2) is 0 Å². The van der Waals surface area contributed by atoms with E-state index in [-0.39, 0.29) is 5.91 Å². The maximum Gasteiger partial charge on any atom is 0.293 e. The first-order chi connectivity index (χ1) is 5.27.